The Kier molecular flexibility index (Phi) is 6.31. The number of alkyl halides is 3. The first-order chi connectivity index (χ1) is 13.6. The van der Waals surface area contributed by atoms with Crippen LogP contribution in [0.4, 0.5) is 22.6 Å². The first-order valence-electron chi connectivity index (χ1n) is 8.10. The lowest BCUT2D eigenvalue weighted by Gasteiger charge is -2.28. The van der Waals surface area contributed by atoms with Gasteiger partial charge in [0.05, 0.1) is 16.9 Å². The van der Waals surface area contributed by atoms with Crippen LogP contribution < -0.4 is 10.0 Å². The molecule has 1 heterocycles. The summed E-state index contributed by atoms with van der Waals surface area (Å²) in [4.78, 5) is 23.3. The number of anilines is 1. The Bertz CT molecular complexity index is 1090. The van der Waals surface area contributed by atoms with Gasteiger partial charge in [0.1, 0.15) is 16.4 Å². The van der Waals surface area contributed by atoms with Gasteiger partial charge in [-0.3, -0.25) is 9.59 Å². The molecule has 0 spiro atoms. The Morgan fingerprint density at radius 1 is 1.20 bits per heavy atom. The Morgan fingerprint density at radius 2 is 1.80 bits per heavy atom. The zero-order chi connectivity index (χ0) is 23.1. The third-order valence-electron chi connectivity index (χ3n) is 3.74. The second-order valence-electron chi connectivity index (χ2n) is 6.68. The normalized spacial score (nSPS) is 12.6. The zero-order valence-corrected chi connectivity index (χ0v) is 17.2. The minimum atomic E-state index is -5.20. The molecule has 0 aliphatic rings. The minimum Gasteiger partial charge on any atom is -0.381 e. The van der Waals surface area contributed by atoms with Crippen molar-refractivity contribution in [3.05, 3.63) is 46.6 Å². The summed E-state index contributed by atoms with van der Waals surface area (Å²) in [5.41, 5.74) is 1.63. The van der Waals surface area contributed by atoms with E-state index < -0.39 is 66.9 Å². The van der Waals surface area contributed by atoms with Crippen molar-refractivity contribution in [1.29, 1.82) is 0 Å². The molecule has 3 N–H and O–H groups in total. The molecule has 30 heavy (non-hydrogen) atoms. The lowest BCUT2D eigenvalue weighted by atomic mass is 10.1. The van der Waals surface area contributed by atoms with Gasteiger partial charge in [-0.25, -0.2) is 12.8 Å². The van der Waals surface area contributed by atoms with Gasteiger partial charge in [0.15, 0.2) is 0 Å². The van der Waals surface area contributed by atoms with Crippen molar-refractivity contribution < 1.29 is 40.7 Å². The van der Waals surface area contributed by atoms with Crippen LogP contribution in [0.3, 0.4) is 0 Å². The third kappa shape index (κ3) is 4.96. The number of sulfonamides is 1. The van der Waals surface area contributed by atoms with Gasteiger partial charge in [0.25, 0.3) is 21.8 Å². The highest BCUT2D eigenvalue weighted by molar-refractivity contribution is 7.93. The molecule has 1 aromatic heterocycles. The van der Waals surface area contributed by atoms with Crippen molar-refractivity contribution in [2.24, 2.45) is 5.73 Å². The number of nitrogens with two attached hydrogens (primary N) is 1. The van der Waals surface area contributed by atoms with Gasteiger partial charge in [0.2, 0.25) is 0 Å². The number of amides is 2. The van der Waals surface area contributed by atoms with E-state index in [4.69, 9.17) is 5.73 Å². The maximum Gasteiger partial charge on any atom is 0.393 e. The molecule has 0 fully saturated rings. The van der Waals surface area contributed by atoms with E-state index in [1.165, 1.54) is 5.38 Å². The molecule has 0 aliphatic heterocycles. The number of carbonyl (C=O) groups excluding carboxylic acids is 2. The fourth-order valence-electron chi connectivity index (χ4n) is 2.43. The van der Waals surface area contributed by atoms with Crippen LogP contribution >= 0.6 is 11.3 Å². The Balaban J connectivity index is 2.82. The summed E-state index contributed by atoms with van der Waals surface area (Å²) >= 11 is 0.573. The molecule has 0 bridgehead atoms. The van der Waals surface area contributed by atoms with E-state index in [1.807, 2.05) is 0 Å². The molecule has 2 aromatic rings. The summed E-state index contributed by atoms with van der Waals surface area (Å²) in [6, 6.07) is 2.71. The van der Waals surface area contributed by atoms with Crippen LogP contribution in [-0.4, -0.2) is 37.1 Å². The molecule has 0 unspecified atom stereocenters. The SMILES string of the molecule is CC(C)(O)C(=O)N(c1sccc1C(N)=O)S(=O)(=O)c1cc(F)ccc1CC(F)(F)F. The molecule has 2 amide bonds. The average Bonchev–Trinajstić information content (AvgIpc) is 3.03. The largest absolute Gasteiger partial charge is 0.393 e. The Labute approximate surface area is 172 Å². The fraction of sp³-hybridized carbons (Fsp3) is 0.294. The molecule has 1 aromatic carbocycles. The Hall–Kier alpha value is -2.51. The molecule has 0 aliphatic carbocycles. The van der Waals surface area contributed by atoms with Gasteiger partial charge in [-0.15, -0.1) is 11.3 Å². The number of rotatable bonds is 6. The second kappa shape index (κ2) is 7.96. The number of benzene rings is 1. The van der Waals surface area contributed by atoms with Crippen molar-refractivity contribution in [2.75, 3.05) is 4.31 Å². The number of nitrogens with zero attached hydrogens (tertiary/aromatic N) is 1. The maximum absolute atomic E-state index is 13.8. The maximum atomic E-state index is 13.8. The van der Waals surface area contributed by atoms with Gasteiger partial charge in [-0.1, -0.05) is 6.07 Å². The number of thiophene rings is 1. The highest BCUT2D eigenvalue weighted by Crippen LogP contribution is 2.36. The van der Waals surface area contributed by atoms with Crippen LogP contribution in [0.5, 0.6) is 0 Å². The summed E-state index contributed by atoms with van der Waals surface area (Å²) in [7, 11) is -5.20. The summed E-state index contributed by atoms with van der Waals surface area (Å²) in [6.07, 6.45) is -6.56. The number of carbonyl (C=O) groups is 2. The molecular weight excluding hydrogens is 452 g/mol. The van der Waals surface area contributed by atoms with Crippen molar-refractivity contribution >= 4 is 38.2 Å². The molecule has 0 atom stereocenters. The predicted octanol–water partition coefficient (Wildman–Crippen LogP) is 2.58. The third-order valence-corrected chi connectivity index (χ3v) is 6.52. The zero-order valence-electron chi connectivity index (χ0n) is 15.5. The standard InChI is InChI=1S/C17H16F4N2O5S2/c1-16(2,26)15(25)23(14-11(13(22)24)5-6-29-14)30(27,28)12-7-10(18)4-3-9(12)8-17(19,20)21/h3-7,26H,8H2,1-2H3,(H2,22,24). The molecule has 0 radical (unpaired) electrons. The van der Waals surface area contributed by atoms with Crippen LogP contribution in [0, 0.1) is 5.82 Å². The summed E-state index contributed by atoms with van der Waals surface area (Å²) in [5, 5.41) is 10.8. The number of primary amides is 1. The van der Waals surface area contributed by atoms with E-state index in [2.05, 4.69) is 0 Å². The summed E-state index contributed by atoms with van der Waals surface area (Å²) in [6.45, 7) is 1.88. The van der Waals surface area contributed by atoms with Gasteiger partial charge in [-0.2, -0.15) is 17.5 Å². The second-order valence-corrected chi connectivity index (χ2v) is 9.33. The molecule has 7 nitrogen and oxygen atoms in total. The molecule has 0 saturated heterocycles. The molecule has 0 saturated carbocycles. The van der Waals surface area contributed by atoms with Gasteiger partial charge < -0.3 is 10.8 Å². The first-order valence-corrected chi connectivity index (χ1v) is 10.4. The van der Waals surface area contributed by atoms with Crippen LogP contribution in [0.15, 0.2) is 34.5 Å². The van der Waals surface area contributed by atoms with E-state index in [9.17, 15) is 40.7 Å². The van der Waals surface area contributed by atoms with Crippen LogP contribution in [0.25, 0.3) is 0 Å². The monoisotopic (exact) mass is 468 g/mol. The van der Waals surface area contributed by atoms with Crippen molar-refractivity contribution in [2.45, 2.75) is 36.9 Å². The molecular formula is C17H16F4N2O5S2. The minimum absolute atomic E-state index is 0.0214. The van der Waals surface area contributed by atoms with Crippen LogP contribution in [0.2, 0.25) is 0 Å². The van der Waals surface area contributed by atoms with E-state index in [1.54, 1.807) is 0 Å². The smallest absolute Gasteiger partial charge is 0.381 e. The van der Waals surface area contributed by atoms with E-state index in [-0.39, 0.29) is 4.31 Å². The van der Waals surface area contributed by atoms with Crippen LogP contribution in [-0.2, 0) is 21.2 Å². The van der Waals surface area contributed by atoms with Crippen LogP contribution in [0.1, 0.15) is 29.8 Å². The quantitative estimate of drug-likeness (QED) is 0.632. The fourth-order valence-corrected chi connectivity index (χ4v) is 5.35. The number of hydrogen-bond acceptors (Lipinski definition) is 6. The number of halogens is 4. The summed E-state index contributed by atoms with van der Waals surface area (Å²) < 4.78 is 79.1. The first kappa shape index (κ1) is 23.8. The van der Waals surface area contributed by atoms with Gasteiger partial charge >= 0.3 is 6.18 Å². The molecule has 13 heteroatoms. The van der Waals surface area contributed by atoms with Crippen molar-refractivity contribution in [3.63, 3.8) is 0 Å². The van der Waals surface area contributed by atoms with Crippen molar-refractivity contribution in [3.8, 4) is 0 Å². The lowest BCUT2D eigenvalue weighted by Crippen LogP contribution is -2.48. The Morgan fingerprint density at radius 3 is 2.30 bits per heavy atom. The van der Waals surface area contributed by atoms with Gasteiger partial charge in [0, 0.05) is 0 Å². The molecule has 164 valence electrons. The highest BCUT2D eigenvalue weighted by atomic mass is 32.2. The highest BCUT2D eigenvalue weighted by Gasteiger charge is 2.43. The average molecular weight is 468 g/mol. The molecule has 2 rings (SSSR count). The van der Waals surface area contributed by atoms with Crippen molar-refractivity contribution in [1.82, 2.24) is 0 Å². The van der Waals surface area contributed by atoms with Gasteiger partial charge in [-0.05, 0) is 43.0 Å². The van der Waals surface area contributed by atoms with E-state index in [0.29, 0.717) is 29.5 Å². The number of hydrogen-bond donors (Lipinski definition) is 2. The van der Waals surface area contributed by atoms with E-state index >= 15 is 0 Å². The lowest BCUT2D eigenvalue weighted by molar-refractivity contribution is -0.132. The topological polar surface area (TPSA) is 118 Å². The summed E-state index contributed by atoms with van der Waals surface area (Å²) in [5.74, 6) is -3.77. The number of aliphatic hydroxyl groups is 1. The predicted molar refractivity (Wildman–Crippen MR) is 100.0 cm³/mol. The van der Waals surface area contributed by atoms with E-state index in [0.717, 1.165) is 19.9 Å².